The molecule has 0 amide bonds. The Morgan fingerprint density at radius 2 is 1.37 bits per heavy atom. The molecule has 0 N–H and O–H groups in total. The Morgan fingerprint density at radius 1 is 0.700 bits per heavy atom. The predicted molar refractivity (Wildman–Crippen MR) is 119 cm³/mol. The van der Waals surface area contributed by atoms with E-state index >= 15 is 0 Å². The fraction of sp³-hybridized carbons (Fsp3) is 0.286. The van der Waals surface area contributed by atoms with Crippen LogP contribution in [-0.4, -0.2) is 0 Å². The highest BCUT2D eigenvalue weighted by molar-refractivity contribution is 5.74. The molecule has 0 atom stereocenters. The minimum Gasteiger partial charge on any atom is -0.204 e. The molecular formula is C28H26F2. The molecule has 0 saturated heterocycles. The molecule has 3 aromatic rings. The number of aryl methyl sites for hydroxylation is 3. The normalized spacial score (nSPS) is 12.0. The molecule has 0 aromatic heterocycles. The van der Waals surface area contributed by atoms with E-state index in [0.29, 0.717) is 5.56 Å². The molecule has 0 spiro atoms. The SMILES string of the molecule is CCCCCCc1ccc2c(c1)CCc1cc(C#Cc3ccc(F)c(F)c3)ccc1-2. The van der Waals surface area contributed by atoms with Gasteiger partial charge in [-0.15, -0.1) is 0 Å². The first-order valence-corrected chi connectivity index (χ1v) is 10.9. The van der Waals surface area contributed by atoms with Crippen molar-refractivity contribution in [1.82, 2.24) is 0 Å². The summed E-state index contributed by atoms with van der Waals surface area (Å²) in [5.74, 6) is 4.30. The van der Waals surface area contributed by atoms with Crippen molar-refractivity contribution in [2.45, 2.75) is 51.9 Å². The summed E-state index contributed by atoms with van der Waals surface area (Å²) >= 11 is 0. The highest BCUT2D eigenvalue weighted by Gasteiger charge is 2.16. The number of rotatable bonds is 5. The van der Waals surface area contributed by atoms with Gasteiger partial charge in [-0.25, -0.2) is 8.78 Å². The fourth-order valence-electron chi connectivity index (χ4n) is 4.16. The van der Waals surface area contributed by atoms with Crippen LogP contribution in [0.5, 0.6) is 0 Å². The van der Waals surface area contributed by atoms with Gasteiger partial charge in [-0.3, -0.25) is 0 Å². The molecule has 30 heavy (non-hydrogen) atoms. The van der Waals surface area contributed by atoms with Crippen LogP contribution in [-0.2, 0) is 19.3 Å². The van der Waals surface area contributed by atoms with E-state index in [0.717, 1.165) is 30.5 Å². The molecule has 0 unspecified atom stereocenters. The van der Waals surface area contributed by atoms with Crippen LogP contribution in [0.25, 0.3) is 11.1 Å². The zero-order valence-corrected chi connectivity index (χ0v) is 17.4. The molecule has 2 heteroatoms. The molecule has 0 aliphatic heterocycles. The van der Waals surface area contributed by atoms with Crippen molar-refractivity contribution in [3.63, 3.8) is 0 Å². The summed E-state index contributed by atoms with van der Waals surface area (Å²) in [7, 11) is 0. The summed E-state index contributed by atoms with van der Waals surface area (Å²) in [5.41, 5.74) is 8.17. The maximum absolute atomic E-state index is 13.4. The summed E-state index contributed by atoms with van der Waals surface area (Å²) < 4.78 is 26.4. The number of benzene rings is 3. The molecule has 152 valence electrons. The van der Waals surface area contributed by atoms with Gasteiger partial charge in [-0.05, 0) is 83.8 Å². The van der Waals surface area contributed by atoms with Crippen molar-refractivity contribution in [3.05, 3.63) is 94.0 Å². The summed E-state index contributed by atoms with van der Waals surface area (Å²) in [5, 5.41) is 0. The third kappa shape index (κ3) is 4.62. The van der Waals surface area contributed by atoms with Crippen molar-refractivity contribution < 1.29 is 8.78 Å². The second-order valence-electron chi connectivity index (χ2n) is 8.05. The summed E-state index contributed by atoms with van der Waals surface area (Å²) in [4.78, 5) is 0. The Hall–Kier alpha value is -2.92. The third-order valence-corrected chi connectivity index (χ3v) is 5.82. The van der Waals surface area contributed by atoms with E-state index in [1.54, 1.807) is 0 Å². The zero-order chi connectivity index (χ0) is 20.9. The van der Waals surface area contributed by atoms with Gasteiger partial charge in [0.25, 0.3) is 0 Å². The second kappa shape index (κ2) is 9.26. The lowest BCUT2D eigenvalue weighted by atomic mass is 9.83. The molecule has 1 aliphatic rings. The first-order chi connectivity index (χ1) is 14.6. The minimum atomic E-state index is -0.867. The molecule has 3 aromatic carbocycles. The summed E-state index contributed by atoms with van der Waals surface area (Å²) in [6.45, 7) is 2.25. The van der Waals surface area contributed by atoms with Crippen molar-refractivity contribution in [2.24, 2.45) is 0 Å². The minimum absolute atomic E-state index is 0.475. The molecular weight excluding hydrogens is 374 g/mol. The number of halogens is 2. The van der Waals surface area contributed by atoms with Crippen LogP contribution < -0.4 is 0 Å². The van der Waals surface area contributed by atoms with Gasteiger partial charge in [0.05, 0.1) is 0 Å². The van der Waals surface area contributed by atoms with Gasteiger partial charge in [0.15, 0.2) is 11.6 Å². The van der Waals surface area contributed by atoms with Crippen molar-refractivity contribution in [3.8, 4) is 23.0 Å². The molecule has 0 heterocycles. The van der Waals surface area contributed by atoms with E-state index in [-0.39, 0.29) is 0 Å². The first-order valence-electron chi connectivity index (χ1n) is 10.9. The van der Waals surface area contributed by atoms with Crippen LogP contribution in [0.3, 0.4) is 0 Å². The molecule has 0 saturated carbocycles. The van der Waals surface area contributed by atoms with Crippen LogP contribution >= 0.6 is 0 Å². The van der Waals surface area contributed by atoms with Crippen LogP contribution in [0.15, 0.2) is 54.6 Å². The Kier molecular flexibility index (Phi) is 6.29. The highest BCUT2D eigenvalue weighted by Crippen LogP contribution is 2.34. The summed E-state index contributed by atoms with van der Waals surface area (Å²) in [6, 6.07) is 17.0. The van der Waals surface area contributed by atoms with Gasteiger partial charge in [-0.1, -0.05) is 62.3 Å². The van der Waals surface area contributed by atoms with Gasteiger partial charge in [-0.2, -0.15) is 0 Å². The van der Waals surface area contributed by atoms with Crippen molar-refractivity contribution >= 4 is 0 Å². The quantitative estimate of drug-likeness (QED) is 0.312. The van der Waals surface area contributed by atoms with Gasteiger partial charge >= 0.3 is 0 Å². The van der Waals surface area contributed by atoms with Crippen molar-refractivity contribution in [1.29, 1.82) is 0 Å². The van der Waals surface area contributed by atoms with Crippen LogP contribution in [0.4, 0.5) is 8.78 Å². The van der Waals surface area contributed by atoms with E-state index < -0.39 is 11.6 Å². The predicted octanol–water partition coefficient (Wildman–Crippen LogP) is 7.25. The lowest BCUT2D eigenvalue weighted by Crippen LogP contribution is -2.05. The number of fused-ring (bicyclic) bond motifs is 3. The average molecular weight is 401 g/mol. The Balaban J connectivity index is 1.52. The zero-order valence-electron chi connectivity index (χ0n) is 17.4. The molecule has 0 nitrogen and oxygen atoms in total. The third-order valence-electron chi connectivity index (χ3n) is 5.82. The molecule has 0 fully saturated rings. The van der Waals surface area contributed by atoms with E-state index in [4.69, 9.17) is 0 Å². The van der Waals surface area contributed by atoms with E-state index in [2.05, 4.69) is 49.1 Å². The van der Waals surface area contributed by atoms with E-state index in [9.17, 15) is 8.78 Å². The maximum Gasteiger partial charge on any atom is 0.160 e. The van der Waals surface area contributed by atoms with E-state index in [1.165, 1.54) is 66.0 Å². The molecule has 0 bridgehead atoms. The Morgan fingerprint density at radius 3 is 2.10 bits per heavy atom. The van der Waals surface area contributed by atoms with Crippen molar-refractivity contribution in [2.75, 3.05) is 0 Å². The van der Waals surface area contributed by atoms with Crippen LogP contribution in [0.1, 0.15) is 60.4 Å². The molecule has 1 aliphatic carbocycles. The van der Waals surface area contributed by atoms with E-state index in [1.807, 2.05) is 6.07 Å². The molecule has 0 radical (unpaired) electrons. The maximum atomic E-state index is 13.4. The number of unbranched alkanes of at least 4 members (excludes halogenated alkanes) is 3. The first kappa shape index (κ1) is 20.4. The monoisotopic (exact) mass is 400 g/mol. The Labute approximate surface area is 178 Å². The molecule has 4 rings (SSSR count). The topological polar surface area (TPSA) is 0 Å². The van der Waals surface area contributed by atoms with Gasteiger partial charge in [0.1, 0.15) is 0 Å². The lowest BCUT2D eigenvalue weighted by molar-refractivity contribution is 0.508. The van der Waals surface area contributed by atoms with Gasteiger partial charge in [0.2, 0.25) is 0 Å². The Bertz CT molecular complexity index is 1120. The second-order valence-corrected chi connectivity index (χ2v) is 8.05. The van der Waals surface area contributed by atoms with Gasteiger partial charge < -0.3 is 0 Å². The lowest BCUT2D eigenvalue weighted by Gasteiger charge is -2.21. The largest absolute Gasteiger partial charge is 0.204 e. The van der Waals surface area contributed by atoms with Gasteiger partial charge in [0, 0.05) is 11.1 Å². The standard InChI is InChI=1S/C28H26F2/c1-2-3-4-5-6-20-9-14-25-23(17-20)12-13-24-18-21(10-15-26(24)25)7-8-22-11-16-27(29)28(30)19-22/h9-11,14-19H,2-6,12-13H2,1H3. The smallest absolute Gasteiger partial charge is 0.160 e. The van der Waals surface area contributed by atoms with Crippen LogP contribution in [0.2, 0.25) is 0 Å². The summed E-state index contributed by atoms with van der Waals surface area (Å²) in [6.07, 6.45) is 8.38. The highest BCUT2D eigenvalue weighted by atomic mass is 19.2. The number of hydrogen-bond acceptors (Lipinski definition) is 0. The van der Waals surface area contributed by atoms with Crippen LogP contribution in [0, 0.1) is 23.5 Å². The fourth-order valence-corrected chi connectivity index (χ4v) is 4.16. The number of hydrogen-bond donors (Lipinski definition) is 0. The average Bonchev–Trinajstić information content (AvgIpc) is 2.77.